The zero-order chi connectivity index (χ0) is 12.4. The van der Waals surface area contributed by atoms with Crippen LogP contribution < -0.4 is 5.32 Å². The third kappa shape index (κ3) is 2.35. The van der Waals surface area contributed by atoms with Crippen LogP contribution in [0.15, 0.2) is 18.2 Å². The highest BCUT2D eigenvalue weighted by Crippen LogP contribution is 2.25. The van der Waals surface area contributed by atoms with Crippen LogP contribution in [-0.2, 0) is 12.8 Å². The smallest absolute Gasteiger partial charge is 0.321 e. The summed E-state index contributed by atoms with van der Waals surface area (Å²) in [6.07, 6.45) is 7.12. The van der Waals surface area contributed by atoms with Crippen molar-refractivity contribution in [3.8, 4) is 0 Å². The number of carbonyl (C=O) groups is 1. The summed E-state index contributed by atoms with van der Waals surface area (Å²) >= 11 is 0. The molecule has 1 aliphatic carbocycles. The summed E-state index contributed by atoms with van der Waals surface area (Å²) in [5, 5.41) is 3.03. The predicted molar refractivity (Wildman–Crippen MR) is 72.9 cm³/mol. The summed E-state index contributed by atoms with van der Waals surface area (Å²) in [6, 6.07) is 6.40. The molecule has 0 spiro atoms. The van der Waals surface area contributed by atoms with Crippen molar-refractivity contribution < 1.29 is 4.79 Å². The molecule has 1 heterocycles. The highest BCUT2D eigenvalue weighted by atomic mass is 16.2. The fraction of sp³-hybridized carbons (Fsp3) is 0.533. The Kier molecular flexibility index (Phi) is 3.22. The van der Waals surface area contributed by atoms with Gasteiger partial charge in [-0.05, 0) is 61.8 Å². The van der Waals surface area contributed by atoms with Crippen LogP contribution in [0.4, 0.5) is 10.5 Å². The SMILES string of the molecule is O=C(Nc1ccc2c(c1)CCC2)N1CCCCC1. The summed E-state index contributed by atoms with van der Waals surface area (Å²) in [7, 11) is 0. The Morgan fingerprint density at radius 1 is 1.00 bits per heavy atom. The van der Waals surface area contributed by atoms with Gasteiger partial charge in [-0.2, -0.15) is 0 Å². The second-order valence-electron chi connectivity index (χ2n) is 5.31. The van der Waals surface area contributed by atoms with Gasteiger partial charge in [-0.25, -0.2) is 4.79 Å². The van der Waals surface area contributed by atoms with E-state index in [0.29, 0.717) is 0 Å². The molecule has 18 heavy (non-hydrogen) atoms. The first kappa shape index (κ1) is 11.6. The molecule has 0 saturated carbocycles. The third-order valence-corrected chi connectivity index (χ3v) is 3.99. The predicted octanol–water partition coefficient (Wildman–Crippen LogP) is 3.19. The normalized spacial score (nSPS) is 18.6. The Balaban J connectivity index is 1.66. The number of fused-ring (bicyclic) bond motifs is 1. The topological polar surface area (TPSA) is 32.3 Å². The molecule has 1 saturated heterocycles. The Labute approximate surface area is 108 Å². The van der Waals surface area contributed by atoms with Crippen molar-refractivity contribution in [2.24, 2.45) is 0 Å². The van der Waals surface area contributed by atoms with Gasteiger partial charge in [0.25, 0.3) is 0 Å². The number of piperidine rings is 1. The molecule has 0 atom stereocenters. The van der Waals surface area contributed by atoms with E-state index in [-0.39, 0.29) is 6.03 Å². The van der Waals surface area contributed by atoms with Crippen LogP contribution in [0.1, 0.15) is 36.8 Å². The minimum absolute atomic E-state index is 0.0626. The lowest BCUT2D eigenvalue weighted by Crippen LogP contribution is -2.38. The number of anilines is 1. The molecule has 3 nitrogen and oxygen atoms in total. The molecule has 96 valence electrons. The van der Waals surface area contributed by atoms with Gasteiger partial charge in [0.2, 0.25) is 0 Å². The van der Waals surface area contributed by atoms with Crippen molar-refractivity contribution in [3.63, 3.8) is 0 Å². The Morgan fingerprint density at radius 3 is 2.61 bits per heavy atom. The number of aryl methyl sites for hydroxylation is 2. The molecular weight excluding hydrogens is 224 g/mol. The van der Waals surface area contributed by atoms with E-state index in [1.54, 1.807) is 0 Å². The largest absolute Gasteiger partial charge is 0.325 e. The molecule has 1 aromatic carbocycles. The van der Waals surface area contributed by atoms with Crippen LogP contribution in [-0.4, -0.2) is 24.0 Å². The molecule has 0 bridgehead atoms. The van der Waals surface area contributed by atoms with Crippen molar-refractivity contribution >= 4 is 11.7 Å². The second-order valence-corrected chi connectivity index (χ2v) is 5.31. The minimum atomic E-state index is 0.0626. The minimum Gasteiger partial charge on any atom is -0.325 e. The van der Waals surface area contributed by atoms with Gasteiger partial charge in [0.1, 0.15) is 0 Å². The number of benzene rings is 1. The maximum Gasteiger partial charge on any atom is 0.321 e. The fourth-order valence-electron chi connectivity index (χ4n) is 2.95. The summed E-state index contributed by atoms with van der Waals surface area (Å²) in [5.74, 6) is 0. The van der Waals surface area contributed by atoms with Gasteiger partial charge in [0.15, 0.2) is 0 Å². The first-order chi connectivity index (χ1) is 8.83. The molecule has 3 rings (SSSR count). The summed E-state index contributed by atoms with van der Waals surface area (Å²) in [5.41, 5.74) is 3.81. The maximum atomic E-state index is 12.1. The average Bonchev–Trinajstić information content (AvgIpc) is 2.87. The standard InChI is InChI=1S/C15H20N2O/c18-15(17-9-2-1-3-10-17)16-14-8-7-12-5-4-6-13(12)11-14/h7-8,11H,1-6,9-10H2,(H,16,18). The number of likely N-dealkylation sites (tertiary alicyclic amines) is 1. The number of amides is 2. The van der Waals surface area contributed by atoms with Crippen LogP contribution in [0, 0.1) is 0 Å². The summed E-state index contributed by atoms with van der Waals surface area (Å²) in [6.45, 7) is 1.80. The van der Waals surface area contributed by atoms with Crippen LogP contribution in [0.25, 0.3) is 0 Å². The number of carbonyl (C=O) groups excluding carboxylic acids is 1. The van der Waals surface area contributed by atoms with E-state index in [2.05, 4.69) is 17.4 Å². The molecule has 2 aliphatic rings. The number of rotatable bonds is 1. The highest BCUT2D eigenvalue weighted by Gasteiger charge is 2.17. The number of nitrogens with one attached hydrogen (secondary N) is 1. The van der Waals surface area contributed by atoms with E-state index in [9.17, 15) is 4.79 Å². The molecule has 2 amide bonds. The monoisotopic (exact) mass is 244 g/mol. The van der Waals surface area contributed by atoms with Crippen LogP contribution in [0.5, 0.6) is 0 Å². The lowest BCUT2D eigenvalue weighted by molar-refractivity contribution is 0.200. The van der Waals surface area contributed by atoms with E-state index in [1.807, 2.05) is 11.0 Å². The Morgan fingerprint density at radius 2 is 1.78 bits per heavy atom. The highest BCUT2D eigenvalue weighted by molar-refractivity contribution is 5.89. The molecule has 1 aliphatic heterocycles. The Bertz CT molecular complexity index is 450. The number of urea groups is 1. The Hall–Kier alpha value is -1.51. The zero-order valence-electron chi connectivity index (χ0n) is 10.7. The summed E-state index contributed by atoms with van der Waals surface area (Å²) < 4.78 is 0. The summed E-state index contributed by atoms with van der Waals surface area (Å²) in [4.78, 5) is 14.0. The van der Waals surface area contributed by atoms with Crippen LogP contribution >= 0.6 is 0 Å². The van der Waals surface area contributed by atoms with Crippen molar-refractivity contribution in [2.75, 3.05) is 18.4 Å². The molecular formula is C15H20N2O. The molecule has 0 unspecified atom stereocenters. The van der Waals surface area contributed by atoms with Gasteiger partial charge < -0.3 is 10.2 Å². The van der Waals surface area contributed by atoms with Crippen molar-refractivity contribution in [1.29, 1.82) is 0 Å². The van der Waals surface area contributed by atoms with Crippen LogP contribution in [0.3, 0.4) is 0 Å². The van der Waals surface area contributed by atoms with Gasteiger partial charge in [0.05, 0.1) is 0 Å². The second kappa shape index (κ2) is 5.01. The molecule has 0 aromatic heterocycles. The average molecular weight is 244 g/mol. The van der Waals surface area contributed by atoms with E-state index < -0.39 is 0 Å². The first-order valence-corrected chi connectivity index (χ1v) is 7.01. The molecule has 1 aromatic rings. The van der Waals surface area contributed by atoms with Gasteiger partial charge in [-0.3, -0.25) is 0 Å². The van der Waals surface area contributed by atoms with Gasteiger partial charge >= 0.3 is 6.03 Å². The zero-order valence-corrected chi connectivity index (χ0v) is 10.7. The lowest BCUT2D eigenvalue weighted by atomic mass is 10.1. The van der Waals surface area contributed by atoms with Crippen LogP contribution in [0.2, 0.25) is 0 Å². The number of hydrogen-bond donors (Lipinski definition) is 1. The molecule has 3 heteroatoms. The van der Waals surface area contributed by atoms with E-state index >= 15 is 0 Å². The first-order valence-electron chi connectivity index (χ1n) is 7.01. The number of nitrogens with zero attached hydrogens (tertiary/aromatic N) is 1. The quantitative estimate of drug-likeness (QED) is 0.808. The van der Waals surface area contributed by atoms with E-state index in [1.165, 1.54) is 30.4 Å². The van der Waals surface area contributed by atoms with Gasteiger partial charge in [-0.15, -0.1) is 0 Å². The van der Waals surface area contributed by atoms with Gasteiger partial charge in [0, 0.05) is 18.8 Å². The molecule has 1 fully saturated rings. The third-order valence-electron chi connectivity index (χ3n) is 3.99. The maximum absolute atomic E-state index is 12.1. The fourth-order valence-corrected chi connectivity index (χ4v) is 2.95. The van der Waals surface area contributed by atoms with Crippen molar-refractivity contribution in [2.45, 2.75) is 38.5 Å². The lowest BCUT2D eigenvalue weighted by Gasteiger charge is -2.26. The van der Waals surface area contributed by atoms with Gasteiger partial charge in [-0.1, -0.05) is 6.07 Å². The molecule has 0 radical (unpaired) electrons. The number of hydrogen-bond acceptors (Lipinski definition) is 1. The molecule has 1 N–H and O–H groups in total. The van der Waals surface area contributed by atoms with E-state index in [4.69, 9.17) is 0 Å². The van der Waals surface area contributed by atoms with Crippen molar-refractivity contribution in [1.82, 2.24) is 4.90 Å². The van der Waals surface area contributed by atoms with E-state index in [0.717, 1.165) is 38.0 Å². The van der Waals surface area contributed by atoms with Crippen molar-refractivity contribution in [3.05, 3.63) is 29.3 Å².